The van der Waals surface area contributed by atoms with E-state index in [1.807, 2.05) is 31.3 Å². The minimum atomic E-state index is -0.318. The zero-order chi connectivity index (χ0) is 14.3. The summed E-state index contributed by atoms with van der Waals surface area (Å²) in [5.41, 5.74) is 1.82. The van der Waals surface area contributed by atoms with Gasteiger partial charge in [-0.25, -0.2) is 4.99 Å². The number of ether oxygens (including phenoxy) is 1. The molecular formula is C13H18N3O2P. The number of nitrogens with zero attached hydrogens (tertiary/aromatic N) is 3. The van der Waals surface area contributed by atoms with Crippen molar-refractivity contribution >= 4 is 27.1 Å². The van der Waals surface area contributed by atoms with Gasteiger partial charge in [0.05, 0.1) is 18.8 Å². The van der Waals surface area contributed by atoms with Crippen LogP contribution in [0.1, 0.15) is 5.56 Å². The topological polar surface area (TPSA) is 54.3 Å². The van der Waals surface area contributed by atoms with E-state index in [4.69, 9.17) is 4.74 Å². The van der Waals surface area contributed by atoms with Crippen molar-refractivity contribution < 1.29 is 9.53 Å². The first-order valence-electron chi connectivity index (χ1n) is 5.77. The van der Waals surface area contributed by atoms with E-state index in [1.165, 1.54) is 7.11 Å². The largest absolute Gasteiger partial charge is 0.468 e. The Bertz CT molecular complexity index is 479. The summed E-state index contributed by atoms with van der Waals surface area (Å²) >= 11 is 0. The summed E-state index contributed by atoms with van der Waals surface area (Å²) < 4.78 is 6.55. The molecule has 0 amide bonds. The molecule has 102 valence electrons. The summed E-state index contributed by atoms with van der Waals surface area (Å²) in [5.74, 6) is -0.252. The first-order chi connectivity index (χ1) is 9.08. The molecule has 5 nitrogen and oxygen atoms in total. The van der Waals surface area contributed by atoms with Gasteiger partial charge in [-0.05, 0) is 31.2 Å². The van der Waals surface area contributed by atoms with Crippen LogP contribution >= 0.6 is 9.39 Å². The van der Waals surface area contributed by atoms with Crippen molar-refractivity contribution in [3.63, 3.8) is 0 Å². The van der Waals surface area contributed by atoms with E-state index in [-0.39, 0.29) is 12.0 Å². The van der Waals surface area contributed by atoms with Crippen LogP contribution in [0.15, 0.2) is 34.3 Å². The molecule has 0 spiro atoms. The molecule has 0 aliphatic rings. The van der Waals surface area contributed by atoms with Crippen molar-refractivity contribution in [3.05, 3.63) is 29.8 Å². The quantitative estimate of drug-likeness (QED) is 0.470. The highest BCUT2D eigenvalue weighted by molar-refractivity contribution is 7.13. The van der Waals surface area contributed by atoms with Crippen molar-refractivity contribution in [2.24, 2.45) is 9.98 Å². The second-order valence-corrected chi connectivity index (χ2v) is 4.82. The molecule has 6 heteroatoms. The smallest absolute Gasteiger partial charge is 0.323 e. The fourth-order valence-electron chi connectivity index (χ4n) is 1.57. The van der Waals surface area contributed by atoms with Crippen molar-refractivity contribution in [2.75, 3.05) is 21.2 Å². The van der Waals surface area contributed by atoms with Crippen LogP contribution in [0.4, 0.5) is 5.69 Å². The second kappa shape index (κ2) is 7.80. The summed E-state index contributed by atoms with van der Waals surface area (Å²) in [6.07, 6.45) is 0.582. The Morgan fingerprint density at radius 1 is 1.47 bits per heavy atom. The molecule has 19 heavy (non-hydrogen) atoms. The molecule has 1 rings (SSSR count). The predicted molar refractivity (Wildman–Crippen MR) is 78.9 cm³/mol. The molecular weight excluding hydrogens is 261 g/mol. The van der Waals surface area contributed by atoms with E-state index in [2.05, 4.69) is 25.4 Å². The van der Waals surface area contributed by atoms with Crippen molar-refractivity contribution in [1.29, 1.82) is 0 Å². The first-order valence-corrected chi connectivity index (χ1v) is 6.29. The average Bonchev–Trinajstić information content (AvgIpc) is 2.42. The molecule has 1 unspecified atom stereocenters. The number of likely N-dealkylation sites (N-methyl/N-ethyl adjacent to an activating group) is 1. The molecule has 0 radical (unpaired) electrons. The fraction of sp³-hybridized carbons (Fsp3) is 0.385. The van der Waals surface area contributed by atoms with Crippen LogP contribution < -0.4 is 0 Å². The molecule has 0 fully saturated rings. The van der Waals surface area contributed by atoms with E-state index in [1.54, 1.807) is 11.7 Å². The standard InChI is InChI=1S/C13H18N3O2P/c1-14-9-15-11-6-4-10(5-7-11)8-12(16(2)19)13(17)18-3/h4-7,12H,8,19H2,1-3H3/t12-/m0/s1. The molecule has 1 aromatic rings. The summed E-state index contributed by atoms with van der Waals surface area (Å²) in [6, 6.07) is 9.81. The van der Waals surface area contributed by atoms with Crippen LogP contribution in [-0.4, -0.2) is 43.9 Å². The van der Waals surface area contributed by atoms with Gasteiger partial charge in [-0.3, -0.25) is 9.46 Å². The Labute approximate surface area is 115 Å². The normalized spacial score (nSPS) is 11.6. The molecule has 0 saturated carbocycles. The molecule has 0 bridgehead atoms. The maximum Gasteiger partial charge on any atom is 0.323 e. The molecule has 2 atom stereocenters. The van der Waals surface area contributed by atoms with Crippen LogP contribution in [0.5, 0.6) is 0 Å². The third-order valence-corrected chi connectivity index (χ3v) is 2.97. The number of methoxy groups -OCH3 is 1. The van der Waals surface area contributed by atoms with E-state index < -0.39 is 0 Å². The number of hydrogen-bond donors (Lipinski definition) is 0. The Hall–Kier alpha value is -1.54. The number of esters is 1. The van der Waals surface area contributed by atoms with E-state index in [0.29, 0.717) is 6.42 Å². The van der Waals surface area contributed by atoms with Gasteiger partial charge in [0.2, 0.25) is 0 Å². The third kappa shape index (κ3) is 4.92. The van der Waals surface area contributed by atoms with E-state index >= 15 is 0 Å². The summed E-state index contributed by atoms with van der Waals surface area (Å²) in [4.78, 5) is 19.3. The zero-order valence-electron chi connectivity index (χ0n) is 11.3. The van der Waals surface area contributed by atoms with Crippen LogP contribution in [0, 0.1) is 0 Å². The lowest BCUT2D eigenvalue weighted by Gasteiger charge is -2.21. The van der Waals surface area contributed by atoms with E-state index in [9.17, 15) is 4.79 Å². The van der Waals surface area contributed by atoms with Gasteiger partial charge in [0.1, 0.15) is 6.04 Å². The van der Waals surface area contributed by atoms with Crippen LogP contribution in [0.3, 0.4) is 0 Å². The number of rotatable bonds is 5. The summed E-state index contributed by atoms with van der Waals surface area (Å²) in [7, 11) is 7.33. The zero-order valence-corrected chi connectivity index (χ0v) is 12.5. The molecule has 1 aromatic carbocycles. The minimum absolute atomic E-state index is 0.252. The van der Waals surface area contributed by atoms with Gasteiger partial charge in [0.25, 0.3) is 0 Å². The van der Waals surface area contributed by atoms with Crippen molar-refractivity contribution in [1.82, 2.24) is 4.67 Å². The van der Waals surface area contributed by atoms with Crippen LogP contribution in [0.2, 0.25) is 0 Å². The Balaban J connectivity index is 2.80. The Morgan fingerprint density at radius 3 is 2.58 bits per heavy atom. The molecule has 0 heterocycles. The number of carbonyl (C=O) groups is 1. The third-order valence-electron chi connectivity index (χ3n) is 2.61. The first kappa shape index (κ1) is 15.5. The van der Waals surface area contributed by atoms with Gasteiger partial charge in [0, 0.05) is 7.05 Å². The summed E-state index contributed by atoms with van der Waals surface area (Å²) in [6.45, 7) is 0. The maximum atomic E-state index is 11.6. The Kier molecular flexibility index (Phi) is 6.37. The predicted octanol–water partition coefficient (Wildman–Crippen LogP) is 1.93. The number of hydrogen-bond acceptors (Lipinski definition) is 5. The number of aliphatic imine (C=N–C) groups is 2. The van der Waals surface area contributed by atoms with Gasteiger partial charge >= 0.3 is 5.97 Å². The van der Waals surface area contributed by atoms with E-state index in [0.717, 1.165) is 11.3 Å². The van der Waals surface area contributed by atoms with Crippen LogP contribution in [0.25, 0.3) is 0 Å². The molecule has 0 aliphatic heterocycles. The lowest BCUT2D eigenvalue weighted by atomic mass is 10.1. The average molecular weight is 279 g/mol. The molecule has 0 aromatic heterocycles. The number of carbonyl (C=O) groups excluding carboxylic acids is 1. The highest BCUT2D eigenvalue weighted by atomic mass is 31.0. The minimum Gasteiger partial charge on any atom is -0.468 e. The van der Waals surface area contributed by atoms with Crippen molar-refractivity contribution in [2.45, 2.75) is 12.5 Å². The van der Waals surface area contributed by atoms with Gasteiger partial charge in [-0.1, -0.05) is 21.5 Å². The number of benzene rings is 1. The van der Waals surface area contributed by atoms with Crippen molar-refractivity contribution in [3.8, 4) is 0 Å². The highest BCUT2D eigenvalue weighted by Crippen LogP contribution is 2.16. The highest BCUT2D eigenvalue weighted by Gasteiger charge is 2.21. The molecule has 0 aliphatic carbocycles. The summed E-state index contributed by atoms with van der Waals surface area (Å²) in [5, 5.41) is 0. The SMILES string of the molecule is CN=C=Nc1ccc(C[C@@H](C(=O)OC)N(C)P)cc1. The van der Waals surface area contributed by atoms with Gasteiger partial charge in [-0.15, -0.1) is 0 Å². The lowest BCUT2D eigenvalue weighted by molar-refractivity contribution is -0.144. The maximum absolute atomic E-state index is 11.6. The molecule has 0 N–H and O–H groups in total. The van der Waals surface area contributed by atoms with Gasteiger partial charge < -0.3 is 4.74 Å². The Morgan fingerprint density at radius 2 is 2.11 bits per heavy atom. The van der Waals surface area contributed by atoms with Crippen LogP contribution in [-0.2, 0) is 16.0 Å². The van der Waals surface area contributed by atoms with Gasteiger partial charge in [-0.2, -0.15) is 4.99 Å². The fourth-order valence-corrected chi connectivity index (χ4v) is 1.79. The molecule has 0 saturated heterocycles. The monoisotopic (exact) mass is 279 g/mol. The lowest BCUT2D eigenvalue weighted by Crippen LogP contribution is -2.35. The van der Waals surface area contributed by atoms with Gasteiger partial charge in [0.15, 0.2) is 0 Å². The second-order valence-electron chi connectivity index (χ2n) is 4.01.